The highest BCUT2D eigenvalue weighted by molar-refractivity contribution is 4.99. The first-order valence-corrected chi connectivity index (χ1v) is 8.77. The molecule has 0 aromatic heterocycles. The molecule has 0 heterocycles. The summed E-state index contributed by atoms with van der Waals surface area (Å²) in [6.45, 7) is 10.6. The quantitative estimate of drug-likeness (QED) is 0.363. The largest absolute Gasteiger partial charge is 0.389 e. The van der Waals surface area contributed by atoms with Crippen molar-refractivity contribution in [3.8, 4) is 0 Å². The molecule has 0 saturated heterocycles. The summed E-state index contributed by atoms with van der Waals surface area (Å²) < 4.78 is 34.8. The summed E-state index contributed by atoms with van der Waals surface area (Å²) in [7, 11) is 0. The Morgan fingerprint density at radius 1 is 1.00 bits per heavy atom. The van der Waals surface area contributed by atoms with E-state index in [9.17, 15) is 13.2 Å². The maximum absolute atomic E-state index is 11.6. The Morgan fingerprint density at radius 2 is 1.48 bits per heavy atom. The van der Waals surface area contributed by atoms with Crippen LogP contribution in [0.5, 0.6) is 0 Å². The highest BCUT2D eigenvalue weighted by Gasteiger charge is 2.39. The smallest absolute Gasteiger partial charge is 0.330 e. The van der Waals surface area contributed by atoms with Gasteiger partial charge in [0, 0.05) is 6.42 Å². The molecule has 0 atom stereocenters. The molecule has 23 heavy (non-hydrogen) atoms. The molecule has 0 amide bonds. The third-order valence-electron chi connectivity index (χ3n) is 4.38. The van der Waals surface area contributed by atoms with Crippen molar-refractivity contribution in [1.29, 1.82) is 0 Å². The van der Waals surface area contributed by atoms with Crippen LogP contribution in [-0.2, 0) is 0 Å². The number of halogens is 3. The van der Waals surface area contributed by atoms with Crippen molar-refractivity contribution in [2.75, 3.05) is 6.54 Å². The van der Waals surface area contributed by atoms with E-state index in [0.717, 1.165) is 25.2 Å². The van der Waals surface area contributed by atoms with E-state index in [1.54, 1.807) is 0 Å². The predicted molar refractivity (Wildman–Crippen MR) is 93.3 cm³/mol. The highest BCUT2D eigenvalue weighted by atomic mass is 19.4. The van der Waals surface area contributed by atoms with Crippen LogP contribution in [0.4, 0.5) is 13.2 Å². The summed E-state index contributed by atoms with van der Waals surface area (Å²) in [6.07, 6.45) is 8.22. The Hall–Kier alpha value is -0.770. The zero-order chi connectivity index (χ0) is 17.8. The minimum Gasteiger partial charge on any atom is -0.330 e. The molecule has 1 nitrogen and oxygen atoms in total. The van der Waals surface area contributed by atoms with Gasteiger partial charge in [-0.25, -0.2) is 0 Å². The summed E-state index contributed by atoms with van der Waals surface area (Å²) in [6, 6.07) is 0. The first-order chi connectivity index (χ1) is 10.8. The Bertz CT molecular complexity index is 305. The minimum absolute atomic E-state index is 0.258. The van der Waals surface area contributed by atoms with Crippen LogP contribution in [-0.4, -0.2) is 12.7 Å². The van der Waals surface area contributed by atoms with Crippen molar-refractivity contribution in [1.82, 2.24) is 0 Å². The van der Waals surface area contributed by atoms with Gasteiger partial charge in [-0.1, -0.05) is 38.3 Å². The first kappa shape index (κ1) is 22.2. The summed E-state index contributed by atoms with van der Waals surface area (Å²) in [5, 5.41) is 0. The van der Waals surface area contributed by atoms with Gasteiger partial charge in [-0.05, 0) is 56.4 Å². The topological polar surface area (TPSA) is 26.0 Å². The molecule has 136 valence electrons. The Labute approximate surface area is 140 Å². The van der Waals surface area contributed by atoms with E-state index in [2.05, 4.69) is 32.2 Å². The maximum Gasteiger partial charge on any atom is 0.389 e. The predicted octanol–water partition coefficient (Wildman–Crippen LogP) is 6.40. The molecule has 2 N–H and O–H groups in total. The Kier molecular flexibility index (Phi) is 11.3. The fourth-order valence-electron chi connectivity index (χ4n) is 3.45. The standard InChI is InChI=1S/C11H18.C8H16F3N/c1-4-6-11(7-5-2)8-10(3)9-11;9-8(10,11)6-4-2-1-3-5-7-12/h4-5,10H,1-2,6-9H2,3H3;1-7,12H2. The summed E-state index contributed by atoms with van der Waals surface area (Å²) >= 11 is 0. The van der Waals surface area contributed by atoms with E-state index in [0.29, 0.717) is 18.4 Å². The zero-order valence-electron chi connectivity index (χ0n) is 14.6. The van der Waals surface area contributed by atoms with Crippen LogP contribution in [0.1, 0.15) is 71.1 Å². The van der Waals surface area contributed by atoms with Crippen molar-refractivity contribution in [3.63, 3.8) is 0 Å². The molecular weight excluding hydrogens is 299 g/mol. The van der Waals surface area contributed by atoms with Crippen molar-refractivity contribution in [2.24, 2.45) is 17.1 Å². The number of hydrogen-bond donors (Lipinski definition) is 1. The van der Waals surface area contributed by atoms with Gasteiger partial charge in [-0.15, -0.1) is 13.2 Å². The van der Waals surface area contributed by atoms with Gasteiger partial charge in [-0.2, -0.15) is 13.2 Å². The second-order valence-electron chi connectivity index (χ2n) is 6.92. The fourth-order valence-corrected chi connectivity index (χ4v) is 3.45. The normalized spacial score (nSPS) is 16.9. The molecule has 1 aliphatic rings. The zero-order valence-corrected chi connectivity index (χ0v) is 14.6. The second-order valence-corrected chi connectivity index (χ2v) is 6.92. The van der Waals surface area contributed by atoms with Crippen molar-refractivity contribution in [2.45, 2.75) is 77.3 Å². The summed E-state index contributed by atoms with van der Waals surface area (Å²) in [4.78, 5) is 0. The van der Waals surface area contributed by atoms with E-state index in [-0.39, 0.29) is 6.42 Å². The van der Waals surface area contributed by atoms with Gasteiger partial charge < -0.3 is 5.73 Å². The van der Waals surface area contributed by atoms with Crippen molar-refractivity contribution < 1.29 is 13.2 Å². The molecule has 0 aliphatic heterocycles. The van der Waals surface area contributed by atoms with E-state index < -0.39 is 12.6 Å². The average molecular weight is 333 g/mol. The van der Waals surface area contributed by atoms with E-state index in [1.165, 1.54) is 25.7 Å². The number of unbranched alkanes of at least 4 members (excludes halogenated alkanes) is 4. The molecule has 1 saturated carbocycles. The van der Waals surface area contributed by atoms with Crippen LogP contribution in [0.2, 0.25) is 0 Å². The lowest BCUT2D eigenvalue weighted by atomic mass is 9.59. The van der Waals surface area contributed by atoms with Crippen molar-refractivity contribution >= 4 is 0 Å². The van der Waals surface area contributed by atoms with Crippen LogP contribution < -0.4 is 5.73 Å². The maximum atomic E-state index is 11.6. The fraction of sp³-hybridized carbons (Fsp3) is 0.789. The summed E-state index contributed by atoms with van der Waals surface area (Å²) in [5.74, 6) is 0.926. The number of alkyl halides is 3. The molecule has 0 radical (unpaired) electrons. The SMILES string of the molecule is C=CCC1(CC=C)CC(C)C1.NCCCCCCCC(F)(F)F. The lowest BCUT2D eigenvalue weighted by Gasteiger charge is -2.46. The molecule has 1 rings (SSSR count). The van der Waals surface area contributed by atoms with Crippen LogP contribution in [0.25, 0.3) is 0 Å². The molecule has 0 spiro atoms. The number of rotatable bonds is 10. The minimum atomic E-state index is -3.98. The lowest BCUT2D eigenvalue weighted by molar-refractivity contribution is -0.135. The van der Waals surface area contributed by atoms with Crippen LogP contribution in [0, 0.1) is 11.3 Å². The lowest BCUT2D eigenvalue weighted by Crippen LogP contribution is -2.34. The number of hydrogen-bond acceptors (Lipinski definition) is 1. The Morgan fingerprint density at radius 3 is 1.87 bits per heavy atom. The van der Waals surface area contributed by atoms with Gasteiger partial charge in [0.2, 0.25) is 0 Å². The molecule has 0 aromatic carbocycles. The number of allylic oxidation sites excluding steroid dienone is 2. The van der Waals surface area contributed by atoms with E-state index in [1.807, 2.05) is 0 Å². The Balaban J connectivity index is 0.000000422. The van der Waals surface area contributed by atoms with Crippen LogP contribution in [0.3, 0.4) is 0 Å². The second kappa shape index (κ2) is 11.7. The monoisotopic (exact) mass is 333 g/mol. The third-order valence-corrected chi connectivity index (χ3v) is 4.38. The van der Waals surface area contributed by atoms with Gasteiger partial charge in [0.1, 0.15) is 0 Å². The first-order valence-electron chi connectivity index (χ1n) is 8.77. The molecule has 4 heteroatoms. The molecule has 1 aliphatic carbocycles. The van der Waals surface area contributed by atoms with Crippen molar-refractivity contribution in [3.05, 3.63) is 25.3 Å². The van der Waals surface area contributed by atoms with Gasteiger partial charge >= 0.3 is 6.18 Å². The summed E-state index contributed by atoms with van der Waals surface area (Å²) in [5.41, 5.74) is 5.79. The molecular formula is C19H34F3N. The molecule has 0 unspecified atom stereocenters. The molecule has 0 aromatic rings. The third kappa shape index (κ3) is 11.4. The van der Waals surface area contributed by atoms with E-state index >= 15 is 0 Å². The van der Waals surface area contributed by atoms with E-state index in [4.69, 9.17) is 5.73 Å². The molecule has 1 fully saturated rings. The molecule has 0 bridgehead atoms. The van der Waals surface area contributed by atoms with Gasteiger partial charge in [0.15, 0.2) is 0 Å². The number of nitrogens with two attached hydrogens (primary N) is 1. The van der Waals surface area contributed by atoms with Gasteiger partial charge in [0.25, 0.3) is 0 Å². The van der Waals surface area contributed by atoms with Gasteiger partial charge in [0.05, 0.1) is 0 Å². The van der Waals surface area contributed by atoms with Crippen LogP contribution >= 0.6 is 0 Å². The van der Waals surface area contributed by atoms with Crippen LogP contribution in [0.15, 0.2) is 25.3 Å². The highest BCUT2D eigenvalue weighted by Crippen LogP contribution is 2.50. The van der Waals surface area contributed by atoms with Gasteiger partial charge in [-0.3, -0.25) is 0 Å². The average Bonchev–Trinajstić information content (AvgIpc) is 2.41.